The quantitative estimate of drug-likeness (QED) is 0.865. The number of phenols is 1. The number of benzene rings is 1. The third kappa shape index (κ3) is 2.38. The van der Waals surface area contributed by atoms with Crippen molar-refractivity contribution in [1.82, 2.24) is 9.80 Å². The number of hydrogen-bond acceptors (Lipinski definition) is 3. The molecular weight excluding hydrogens is 276 g/mol. The van der Waals surface area contributed by atoms with Crippen LogP contribution in [-0.2, 0) is 0 Å². The maximum Gasteiger partial charge on any atom is 0.257 e. The highest BCUT2D eigenvalue weighted by Gasteiger charge is 2.36. The molecule has 3 rings (SSSR count). The predicted molar refractivity (Wildman–Crippen MR) is 78.2 cm³/mol. The lowest BCUT2D eigenvalue weighted by Gasteiger charge is -2.26. The van der Waals surface area contributed by atoms with Crippen LogP contribution >= 0.6 is 11.6 Å². The van der Waals surface area contributed by atoms with E-state index >= 15 is 0 Å². The number of rotatable bonds is 1. The lowest BCUT2D eigenvalue weighted by Crippen LogP contribution is -2.39. The maximum absolute atomic E-state index is 12.6. The van der Waals surface area contributed by atoms with Crippen LogP contribution in [0.5, 0.6) is 5.75 Å². The lowest BCUT2D eigenvalue weighted by atomic mass is 10.1. The summed E-state index contributed by atoms with van der Waals surface area (Å²) < 4.78 is 0. The van der Waals surface area contributed by atoms with Crippen LogP contribution in [-0.4, -0.2) is 53.0 Å². The summed E-state index contributed by atoms with van der Waals surface area (Å²) in [5, 5.41) is 10.3. The molecule has 2 aliphatic rings. The highest BCUT2D eigenvalue weighted by molar-refractivity contribution is 6.31. The fourth-order valence-corrected chi connectivity index (χ4v) is 3.52. The first kappa shape index (κ1) is 13.7. The van der Waals surface area contributed by atoms with Gasteiger partial charge < -0.3 is 10.0 Å². The molecule has 0 radical (unpaired) electrons. The smallest absolute Gasteiger partial charge is 0.257 e. The first-order valence-corrected chi connectivity index (χ1v) is 7.44. The molecule has 4 nitrogen and oxygen atoms in total. The van der Waals surface area contributed by atoms with E-state index in [0.717, 1.165) is 25.9 Å². The molecule has 2 heterocycles. The molecule has 108 valence electrons. The molecule has 2 atom stereocenters. The maximum atomic E-state index is 12.6. The van der Waals surface area contributed by atoms with Gasteiger partial charge in [0.15, 0.2) is 0 Å². The van der Waals surface area contributed by atoms with Crippen molar-refractivity contribution in [2.45, 2.75) is 31.3 Å². The largest absolute Gasteiger partial charge is 0.507 e. The minimum absolute atomic E-state index is 0.00200. The first-order valence-electron chi connectivity index (χ1n) is 7.06. The van der Waals surface area contributed by atoms with Crippen molar-refractivity contribution in [3.63, 3.8) is 0 Å². The fraction of sp³-hybridized carbons (Fsp3) is 0.533. The van der Waals surface area contributed by atoms with Gasteiger partial charge in [-0.2, -0.15) is 0 Å². The molecule has 2 unspecified atom stereocenters. The number of carbonyl (C=O) groups is 1. The van der Waals surface area contributed by atoms with Crippen LogP contribution in [0.1, 0.15) is 29.6 Å². The van der Waals surface area contributed by atoms with Gasteiger partial charge in [-0.15, -0.1) is 0 Å². The number of hydrogen-bond donors (Lipinski definition) is 1. The molecule has 1 aromatic rings. The van der Waals surface area contributed by atoms with E-state index in [1.54, 1.807) is 12.1 Å². The van der Waals surface area contributed by atoms with E-state index in [1.165, 1.54) is 12.5 Å². The van der Waals surface area contributed by atoms with Crippen molar-refractivity contribution in [2.24, 2.45) is 0 Å². The zero-order chi connectivity index (χ0) is 14.3. The number of amides is 1. The molecule has 5 heteroatoms. The molecule has 20 heavy (non-hydrogen) atoms. The Hall–Kier alpha value is -1.26. The minimum atomic E-state index is -0.119. The zero-order valence-corrected chi connectivity index (χ0v) is 12.3. The molecule has 0 saturated carbocycles. The molecule has 0 spiro atoms. The van der Waals surface area contributed by atoms with Crippen molar-refractivity contribution in [3.8, 4) is 5.75 Å². The molecule has 2 saturated heterocycles. The van der Waals surface area contributed by atoms with Crippen molar-refractivity contribution in [3.05, 3.63) is 28.8 Å². The SMILES string of the molecule is CN1C2CCC1CN(C(=O)c1cc(Cl)ccc1O)CC2. The second-order valence-corrected chi connectivity index (χ2v) is 6.19. The normalized spacial score (nSPS) is 26.6. The number of phenolic OH excluding ortho intramolecular Hbond substituents is 1. The Labute approximate surface area is 123 Å². The Kier molecular flexibility index (Phi) is 3.61. The third-order valence-electron chi connectivity index (χ3n) is 4.62. The number of likely N-dealkylation sites (tertiary alicyclic amines) is 1. The van der Waals surface area contributed by atoms with Gasteiger partial charge in [0.2, 0.25) is 0 Å². The average Bonchev–Trinajstić information content (AvgIpc) is 2.65. The van der Waals surface area contributed by atoms with Crippen LogP contribution in [0.3, 0.4) is 0 Å². The topological polar surface area (TPSA) is 43.8 Å². The van der Waals surface area contributed by atoms with E-state index in [2.05, 4.69) is 11.9 Å². The molecule has 1 N–H and O–H groups in total. The van der Waals surface area contributed by atoms with E-state index in [4.69, 9.17) is 11.6 Å². The van der Waals surface area contributed by atoms with Crippen molar-refractivity contribution < 1.29 is 9.90 Å². The summed E-state index contributed by atoms with van der Waals surface area (Å²) in [6.45, 7) is 1.48. The number of fused-ring (bicyclic) bond motifs is 2. The van der Waals surface area contributed by atoms with Crippen LogP contribution in [0.4, 0.5) is 0 Å². The Balaban J connectivity index is 1.82. The van der Waals surface area contributed by atoms with Gasteiger partial charge in [-0.1, -0.05) is 11.6 Å². The summed E-state index contributed by atoms with van der Waals surface area (Å²) in [5.41, 5.74) is 0.304. The van der Waals surface area contributed by atoms with E-state index in [-0.39, 0.29) is 11.7 Å². The van der Waals surface area contributed by atoms with Crippen molar-refractivity contribution >= 4 is 17.5 Å². The molecule has 1 aromatic carbocycles. The van der Waals surface area contributed by atoms with Gasteiger partial charge in [0, 0.05) is 30.2 Å². The van der Waals surface area contributed by atoms with Gasteiger partial charge in [-0.3, -0.25) is 9.69 Å². The fourth-order valence-electron chi connectivity index (χ4n) is 3.34. The summed E-state index contributed by atoms with van der Waals surface area (Å²) in [6.07, 6.45) is 3.37. The van der Waals surface area contributed by atoms with Gasteiger partial charge >= 0.3 is 0 Å². The van der Waals surface area contributed by atoms with Gasteiger partial charge in [-0.05, 0) is 44.5 Å². The molecule has 0 aliphatic carbocycles. The number of nitrogens with zero attached hydrogens (tertiary/aromatic N) is 2. The number of halogens is 1. The van der Waals surface area contributed by atoms with E-state index in [9.17, 15) is 9.90 Å². The van der Waals surface area contributed by atoms with Crippen LogP contribution in [0.25, 0.3) is 0 Å². The molecule has 0 aromatic heterocycles. The highest BCUT2D eigenvalue weighted by Crippen LogP contribution is 2.30. The Morgan fingerprint density at radius 1 is 1.30 bits per heavy atom. The van der Waals surface area contributed by atoms with Gasteiger partial charge in [0.05, 0.1) is 5.56 Å². The van der Waals surface area contributed by atoms with Gasteiger partial charge in [0.25, 0.3) is 5.91 Å². The predicted octanol–water partition coefficient (Wildman–Crippen LogP) is 2.35. The standard InChI is InChI=1S/C15H19ClN2O2/c1-17-11-3-4-12(17)9-18(7-6-11)15(20)13-8-10(16)2-5-14(13)19/h2,5,8,11-12,19H,3-4,6-7,9H2,1H3. The molecular formula is C15H19ClN2O2. The second kappa shape index (κ2) is 5.26. The molecule has 2 aliphatic heterocycles. The number of carbonyl (C=O) groups excluding carboxylic acids is 1. The second-order valence-electron chi connectivity index (χ2n) is 5.75. The summed E-state index contributed by atoms with van der Waals surface area (Å²) in [5.74, 6) is -0.117. The summed E-state index contributed by atoms with van der Waals surface area (Å²) >= 11 is 5.93. The van der Waals surface area contributed by atoms with Crippen LogP contribution in [0, 0.1) is 0 Å². The summed E-state index contributed by atoms with van der Waals surface area (Å²) in [4.78, 5) is 16.8. The van der Waals surface area contributed by atoms with E-state index in [0.29, 0.717) is 22.7 Å². The Morgan fingerprint density at radius 2 is 2.05 bits per heavy atom. The summed E-state index contributed by atoms with van der Waals surface area (Å²) in [6, 6.07) is 5.64. The van der Waals surface area contributed by atoms with Gasteiger partial charge in [0.1, 0.15) is 5.75 Å². The van der Waals surface area contributed by atoms with Gasteiger partial charge in [-0.25, -0.2) is 0 Å². The first-order chi connectivity index (χ1) is 9.56. The van der Waals surface area contributed by atoms with Crippen molar-refractivity contribution in [2.75, 3.05) is 20.1 Å². The van der Waals surface area contributed by atoms with Crippen LogP contribution in [0.2, 0.25) is 5.02 Å². The lowest BCUT2D eigenvalue weighted by molar-refractivity contribution is 0.0737. The third-order valence-corrected chi connectivity index (χ3v) is 4.86. The van der Waals surface area contributed by atoms with Crippen LogP contribution < -0.4 is 0 Å². The highest BCUT2D eigenvalue weighted by atomic mass is 35.5. The average molecular weight is 295 g/mol. The van der Waals surface area contributed by atoms with Crippen LogP contribution in [0.15, 0.2) is 18.2 Å². The number of likely N-dealkylation sites (N-methyl/N-ethyl adjacent to an activating group) is 1. The van der Waals surface area contributed by atoms with E-state index < -0.39 is 0 Å². The number of aromatic hydroxyl groups is 1. The van der Waals surface area contributed by atoms with Crippen molar-refractivity contribution in [1.29, 1.82) is 0 Å². The zero-order valence-electron chi connectivity index (χ0n) is 11.6. The molecule has 1 amide bonds. The monoisotopic (exact) mass is 294 g/mol. The molecule has 2 fully saturated rings. The molecule has 2 bridgehead atoms. The Bertz CT molecular complexity index is 535. The van der Waals surface area contributed by atoms with E-state index in [1.807, 2.05) is 4.90 Å². The minimum Gasteiger partial charge on any atom is -0.507 e. The summed E-state index contributed by atoms with van der Waals surface area (Å²) in [7, 11) is 2.15. The Morgan fingerprint density at radius 3 is 2.85 bits per heavy atom.